The van der Waals surface area contributed by atoms with E-state index < -0.39 is 0 Å². The summed E-state index contributed by atoms with van der Waals surface area (Å²) >= 11 is 7.59. The number of aromatic nitrogens is 3. The largest absolute Gasteiger partial charge is 0.334 e. The molecule has 1 aromatic carbocycles. The molecule has 0 spiro atoms. The molecule has 1 atom stereocenters. The Balaban J connectivity index is 1.43. The highest BCUT2D eigenvalue weighted by Gasteiger charge is 2.30. The van der Waals surface area contributed by atoms with Crippen LogP contribution in [0, 0.1) is 0 Å². The van der Waals surface area contributed by atoms with Gasteiger partial charge in [-0.1, -0.05) is 48.1 Å². The standard InChI is InChI=1S/C22H24ClN5OS/c1-2-20-26-27-22(30-20)25-19-10-4-8-17(24-19)18-9-5-13-28(18)21(29)12-11-15-6-3-7-16(23)14-15/h3-4,6-8,10,14,18H,2,5,9,11-13H2,1H3,(H,24,25,27)/t18-/m0/s1. The van der Waals surface area contributed by atoms with Crippen molar-refractivity contribution in [3.05, 3.63) is 63.8 Å². The van der Waals surface area contributed by atoms with E-state index in [4.69, 9.17) is 16.6 Å². The number of nitrogens with one attached hydrogen (secondary N) is 1. The Labute approximate surface area is 185 Å². The minimum Gasteiger partial charge on any atom is -0.334 e. The number of nitrogens with zero attached hydrogens (tertiary/aromatic N) is 4. The average Bonchev–Trinajstić information content (AvgIpc) is 3.42. The van der Waals surface area contributed by atoms with E-state index in [9.17, 15) is 4.79 Å². The van der Waals surface area contributed by atoms with Gasteiger partial charge in [0.05, 0.1) is 11.7 Å². The van der Waals surface area contributed by atoms with Gasteiger partial charge in [0.2, 0.25) is 11.0 Å². The van der Waals surface area contributed by atoms with Crippen LogP contribution in [0.3, 0.4) is 0 Å². The zero-order valence-corrected chi connectivity index (χ0v) is 18.4. The van der Waals surface area contributed by atoms with Crippen LogP contribution in [0.25, 0.3) is 0 Å². The third-order valence-corrected chi connectivity index (χ3v) is 6.42. The molecule has 1 aliphatic heterocycles. The fourth-order valence-corrected chi connectivity index (χ4v) is 4.62. The lowest BCUT2D eigenvalue weighted by molar-refractivity contribution is -0.132. The summed E-state index contributed by atoms with van der Waals surface area (Å²) in [6.07, 6.45) is 3.94. The second-order valence-corrected chi connectivity index (χ2v) is 8.80. The molecule has 0 aliphatic carbocycles. The molecule has 3 heterocycles. The second kappa shape index (κ2) is 9.53. The summed E-state index contributed by atoms with van der Waals surface area (Å²) in [7, 11) is 0. The normalized spacial score (nSPS) is 16.1. The van der Waals surface area contributed by atoms with Crippen molar-refractivity contribution in [3.8, 4) is 0 Å². The molecule has 6 nitrogen and oxygen atoms in total. The first kappa shape index (κ1) is 20.8. The number of hydrogen-bond donors (Lipinski definition) is 1. The number of carbonyl (C=O) groups is 1. The number of halogens is 1. The Kier molecular flexibility index (Phi) is 6.59. The molecule has 0 radical (unpaired) electrons. The number of pyridine rings is 1. The number of hydrogen-bond acceptors (Lipinski definition) is 6. The molecular formula is C22H24ClN5OS. The van der Waals surface area contributed by atoms with E-state index in [1.54, 1.807) is 0 Å². The topological polar surface area (TPSA) is 71.0 Å². The highest BCUT2D eigenvalue weighted by Crippen LogP contribution is 2.32. The van der Waals surface area contributed by atoms with Gasteiger partial charge in [0.1, 0.15) is 10.8 Å². The fourth-order valence-electron chi connectivity index (χ4n) is 3.72. The van der Waals surface area contributed by atoms with E-state index in [1.165, 1.54) is 11.3 Å². The van der Waals surface area contributed by atoms with Gasteiger partial charge in [-0.05, 0) is 55.5 Å². The molecule has 1 N–H and O–H groups in total. The average molecular weight is 442 g/mol. The molecule has 2 aromatic heterocycles. The van der Waals surface area contributed by atoms with E-state index in [2.05, 4.69) is 22.4 Å². The number of anilines is 2. The highest BCUT2D eigenvalue weighted by molar-refractivity contribution is 7.15. The predicted molar refractivity (Wildman–Crippen MR) is 120 cm³/mol. The summed E-state index contributed by atoms with van der Waals surface area (Å²) < 4.78 is 0. The number of aryl methyl sites for hydroxylation is 2. The van der Waals surface area contributed by atoms with Crippen LogP contribution in [0.4, 0.5) is 10.9 Å². The molecule has 3 aromatic rings. The molecule has 30 heavy (non-hydrogen) atoms. The van der Waals surface area contributed by atoms with Crippen LogP contribution in [-0.4, -0.2) is 32.5 Å². The van der Waals surface area contributed by atoms with E-state index >= 15 is 0 Å². The van der Waals surface area contributed by atoms with E-state index in [-0.39, 0.29) is 11.9 Å². The monoisotopic (exact) mass is 441 g/mol. The summed E-state index contributed by atoms with van der Waals surface area (Å²) in [6, 6.07) is 13.6. The molecule has 0 unspecified atom stereocenters. The Morgan fingerprint density at radius 1 is 1.27 bits per heavy atom. The van der Waals surface area contributed by atoms with Crippen LogP contribution in [0.15, 0.2) is 42.5 Å². The lowest BCUT2D eigenvalue weighted by Gasteiger charge is -2.25. The lowest BCUT2D eigenvalue weighted by atomic mass is 10.1. The second-order valence-electron chi connectivity index (χ2n) is 7.30. The Morgan fingerprint density at radius 2 is 2.13 bits per heavy atom. The van der Waals surface area contributed by atoms with E-state index in [0.717, 1.165) is 53.0 Å². The van der Waals surface area contributed by atoms with Crippen molar-refractivity contribution in [1.29, 1.82) is 0 Å². The summed E-state index contributed by atoms with van der Waals surface area (Å²) in [4.78, 5) is 19.7. The van der Waals surface area contributed by atoms with Crippen LogP contribution >= 0.6 is 22.9 Å². The van der Waals surface area contributed by atoms with Crippen molar-refractivity contribution in [2.24, 2.45) is 0 Å². The molecule has 1 fully saturated rings. The van der Waals surface area contributed by atoms with Crippen molar-refractivity contribution >= 4 is 39.8 Å². The van der Waals surface area contributed by atoms with Crippen molar-refractivity contribution < 1.29 is 4.79 Å². The van der Waals surface area contributed by atoms with Crippen molar-refractivity contribution in [1.82, 2.24) is 20.1 Å². The van der Waals surface area contributed by atoms with Crippen molar-refractivity contribution in [3.63, 3.8) is 0 Å². The quantitative estimate of drug-likeness (QED) is 0.546. The Hall–Kier alpha value is -2.51. The van der Waals surface area contributed by atoms with Crippen LogP contribution in [0.5, 0.6) is 0 Å². The minimum absolute atomic E-state index is 0.0132. The highest BCUT2D eigenvalue weighted by atomic mass is 35.5. The molecule has 1 amide bonds. The molecule has 4 rings (SSSR count). The smallest absolute Gasteiger partial charge is 0.223 e. The van der Waals surface area contributed by atoms with Gasteiger partial charge in [0, 0.05) is 18.0 Å². The third-order valence-electron chi connectivity index (χ3n) is 5.21. The third kappa shape index (κ3) is 4.96. The lowest BCUT2D eigenvalue weighted by Crippen LogP contribution is -2.31. The summed E-state index contributed by atoms with van der Waals surface area (Å²) in [5.74, 6) is 0.888. The maximum atomic E-state index is 12.9. The molecule has 0 saturated carbocycles. The number of likely N-dealkylation sites (tertiary alicyclic amines) is 1. The maximum Gasteiger partial charge on any atom is 0.223 e. The summed E-state index contributed by atoms with van der Waals surface area (Å²) in [6.45, 7) is 2.83. The minimum atomic E-state index is 0.0132. The fraction of sp³-hybridized carbons (Fsp3) is 0.364. The van der Waals surface area contributed by atoms with Gasteiger partial charge < -0.3 is 10.2 Å². The van der Waals surface area contributed by atoms with Crippen LogP contribution < -0.4 is 5.32 Å². The summed E-state index contributed by atoms with van der Waals surface area (Å²) in [5.41, 5.74) is 1.99. The first-order valence-electron chi connectivity index (χ1n) is 10.2. The molecule has 156 valence electrons. The van der Waals surface area contributed by atoms with E-state index in [0.29, 0.717) is 17.9 Å². The predicted octanol–water partition coefficient (Wildman–Crippen LogP) is 5.19. The van der Waals surface area contributed by atoms with Crippen molar-refractivity contribution in [2.45, 2.75) is 45.1 Å². The van der Waals surface area contributed by atoms with Gasteiger partial charge in [0.15, 0.2) is 0 Å². The van der Waals surface area contributed by atoms with Crippen LogP contribution in [-0.2, 0) is 17.6 Å². The zero-order chi connectivity index (χ0) is 20.9. The SMILES string of the molecule is CCc1nnc(Nc2cccc([C@@H]3CCCN3C(=O)CCc3cccc(Cl)c3)n2)s1. The number of benzene rings is 1. The summed E-state index contributed by atoms with van der Waals surface area (Å²) in [5, 5.41) is 13.9. The van der Waals surface area contributed by atoms with Gasteiger partial charge in [-0.3, -0.25) is 4.79 Å². The van der Waals surface area contributed by atoms with E-state index in [1.807, 2.05) is 47.4 Å². The zero-order valence-electron chi connectivity index (χ0n) is 16.8. The Bertz CT molecular complexity index is 1020. The number of rotatable bonds is 7. The van der Waals surface area contributed by atoms with Gasteiger partial charge >= 0.3 is 0 Å². The molecule has 1 aliphatic rings. The number of amides is 1. The first-order chi connectivity index (χ1) is 14.6. The van der Waals surface area contributed by atoms with Crippen LogP contribution in [0.1, 0.15) is 48.5 Å². The van der Waals surface area contributed by atoms with Gasteiger partial charge in [-0.25, -0.2) is 4.98 Å². The first-order valence-corrected chi connectivity index (χ1v) is 11.4. The van der Waals surface area contributed by atoms with Gasteiger partial charge in [-0.2, -0.15) is 0 Å². The molecule has 8 heteroatoms. The molecule has 1 saturated heterocycles. The number of carbonyl (C=O) groups excluding carboxylic acids is 1. The van der Waals surface area contributed by atoms with Crippen molar-refractivity contribution in [2.75, 3.05) is 11.9 Å². The maximum absolute atomic E-state index is 12.9. The van der Waals surface area contributed by atoms with Crippen LogP contribution in [0.2, 0.25) is 5.02 Å². The molecule has 0 bridgehead atoms. The Morgan fingerprint density at radius 3 is 2.93 bits per heavy atom. The molecular weight excluding hydrogens is 418 g/mol. The van der Waals surface area contributed by atoms with Gasteiger partial charge in [0.25, 0.3) is 0 Å². The van der Waals surface area contributed by atoms with Gasteiger partial charge in [-0.15, -0.1) is 10.2 Å².